The Morgan fingerprint density at radius 3 is 1.20 bits per heavy atom. The molecule has 0 bridgehead atoms. The molecule has 1 heterocycles. The average molecular weight is 525 g/mol. The molecule has 0 aromatic carbocycles. The number of rotatable bonds is 21. The second-order valence-corrected chi connectivity index (χ2v) is 10.3. The Labute approximate surface area is 224 Å². The first-order valence-corrected chi connectivity index (χ1v) is 14.9. The predicted octanol–water partition coefficient (Wildman–Crippen LogP) is 8.15. The summed E-state index contributed by atoms with van der Waals surface area (Å²) >= 11 is 8.35. The van der Waals surface area contributed by atoms with E-state index >= 15 is 0 Å². The Morgan fingerprint density at radius 1 is 0.543 bits per heavy atom. The number of amides is 2. The number of hydrogen-bond acceptors (Lipinski definition) is 7. The molecule has 1 aromatic heterocycles. The van der Waals surface area contributed by atoms with E-state index in [-0.39, 0.29) is 28.1 Å². The zero-order valence-electron chi connectivity index (χ0n) is 22.1. The Morgan fingerprint density at radius 2 is 0.857 bits per heavy atom. The molecule has 8 heteroatoms. The lowest BCUT2D eigenvalue weighted by Crippen LogP contribution is -2.38. The van der Waals surface area contributed by atoms with Crippen LogP contribution in [0.4, 0.5) is 5.95 Å². The largest absolute Gasteiger partial charge is 0.274 e. The lowest BCUT2D eigenvalue weighted by Gasteiger charge is -2.19. The van der Waals surface area contributed by atoms with Crippen molar-refractivity contribution in [1.82, 2.24) is 15.0 Å². The van der Waals surface area contributed by atoms with Crippen LogP contribution in [0.1, 0.15) is 142 Å². The SMILES string of the molecule is CCCCCCCCCCCC(=O)N(C(=O)CCCCCCCCCCC)c1nc(S)nc(S)n1. The van der Waals surface area contributed by atoms with Gasteiger partial charge in [-0.25, -0.2) is 4.90 Å². The van der Waals surface area contributed by atoms with E-state index in [1.54, 1.807) is 0 Å². The van der Waals surface area contributed by atoms with E-state index in [4.69, 9.17) is 0 Å². The third kappa shape index (κ3) is 15.5. The molecule has 0 aliphatic rings. The first-order valence-electron chi connectivity index (χ1n) is 14.0. The molecule has 0 aliphatic heterocycles. The first kappa shape index (κ1) is 31.9. The van der Waals surface area contributed by atoms with Crippen molar-refractivity contribution >= 4 is 43.0 Å². The number of aromatic nitrogens is 3. The summed E-state index contributed by atoms with van der Waals surface area (Å²) in [5.74, 6) is -0.460. The molecule has 0 atom stereocenters. The van der Waals surface area contributed by atoms with Gasteiger partial charge in [-0.1, -0.05) is 117 Å². The van der Waals surface area contributed by atoms with Crippen LogP contribution in [0, 0.1) is 0 Å². The minimum atomic E-state index is -0.250. The predicted molar refractivity (Wildman–Crippen MR) is 151 cm³/mol. The number of thiol groups is 2. The smallest absolute Gasteiger partial charge is 0.244 e. The van der Waals surface area contributed by atoms with Gasteiger partial charge in [-0.2, -0.15) is 15.0 Å². The topological polar surface area (TPSA) is 76.1 Å². The molecule has 1 aromatic rings. The minimum absolute atomic E-state index is 0.0387. The van der Waals surface area contributed by atoms with E-state index in [1.807, 2.05) is 0 Å². The number of hydrogen-bond donors (Lipinski definition) is 2. The molecule has 0 saturated heterocycles. The van der Waals surface area contributed by atoms with E-state index in [9.17, 15) is 9.59 Å². The molecule has 1 rings (SSSR count). The number of anilines is 1. The number of carbonyl (C=O) groups excluding carboxylic acids is 2. The van der Waals surface area contributed by atoms with Gasteiger partial charge in [0.25, 0.3) is 0 Å². The first-order chi connectivity index (χ1) is 17.0. The van der Waals surface area contributed by atoms with Crippen molar-refractivity contribution < 1.29 is 9.59 Å². The highest BCUT2D eigenvalue weighted by Crippen LogP contribution is 2.18. The van der Waals surface area contributed by atoms with E-state index in [0.29, 0.717) is 12.8 Å². The molecular formula is C27H48N4O2S2. The molecule has 0 saturated carbocycles. The highest BCUT2D eigenvalue weighted by Gasteiger charge is 2.26. The lowest BCUT2D eigenvalue weighted by molar-refractivity contribution is -0.126. The quantitative estimate of drug-likeness (QED) is 0.125. The van der Waals surface area contributed by atoms with Crippen LogP contribution < -0.4 is 4.90 Å². The van der Waals surface area contributed by atoms with Gasteiger partial charge in [0.2, 0.25) is 17.8 Å². The number of imide groups is 1. The molecule has 2 amide bonds. The average Bonchev–Trinajstić information content (AvgIpc) is 2.81. The summed E-state index contributed by atoms with van der Waals surface area (Å²) < 4.78 is 0. The van der Waals surface area contributed by atoms with Gasteiger partial charge in [-0.15, -0.1) is 25.3 Å². The van der Waals surface area contributed by atoms with Gasteiger partial charge < -0.3 is 0 Å². The summed E-state index contributed by atoms with van der Waals surface area (Å²) in [5, 5.41) is 0.300. The fourth-order valence-corrected chi connectivity index (χ4v) is 4.65. The van der Waals surface area contributed by atoms with E-state index in [0.717, 1.165) is 43.4 Å². The summed E-state index contributed by atoms with van der Waals surface area (Å²) in [6, 6.07) is 0. The van der Waals surface area contributed by atoms with Crippen LogP contribution in [0.3, 0.4) is 0 Å². The molecular weight excluding hydrogens is 476 g/mol. The Bertz CT molecular complexity index is 664. The molecule has 0 unspecified atom stereocenters. The number of unbranched alkanes of at least 4 members (excludes halogenated alkanes) is 16. The van der Waals surface area contributed by atoms with Crippen molar-refractivity contribution in [3.05, 3.63) is 0 Å². The summed E-state index contributed by atoms with van der Waals surface area (Å²) in [4.78, 5) is 39.4. The molecule has 0 spiro atoms. The maximum atomic E-state index is 13.0. The van der Waals surface area contributed by atoms with Crippen molar-refractivity contribution in [2.45, 2.75) is 153 Å². The zero-order chi connectivity index (χ0) is 25.7. The summed E-state index contributed by atoms with van der Waals surface area (Å²) in [7, 11) is 0. The maximum Gasteiger partial charge on any atom is 0.244 e. The number of carbonyl (C=O) groups is 2. The van der Waals surface area contributed by atoms with E-state index in [1.165, 1.54) is 77.0 Å². The Balaban J connectivity index is 2.48. The zero-order valence-corrected chi connectivity index (χ0v) is 23.9. The molecule has 200 valence electrons. The van der Waals surface area contributed by atoms with Gasteiger partial charge in [0, 0.05) is 12.8 Å². The lowest BCUT2D eigenvalue weighted by atomic mass is 10.1. The molecule has 0 aliphatic carbocycles. The number of nitrogens with zero attached hydrogens (tertiary/aromatic N) is 4. The van der Waals surface area contributed by atoms with Crippen LogP contribution in [0.25, 0.3) is 0 Å². The van der Waals surface area contributed by atoms with Gasteiger partial charge in [0.15, 0.2) is 10.3 Å². The maximum absolute atomic E-state index is 13.0. The Hall–Kier alpha value is -1.15. The fourth-order valence-electron chi connectivity index (χ4n) is 4.20. The second-order valence-electron chi connectivity index (χ2n) is 9.52. The van der Waals surface area contributed by atoms with E-state index in [2.05, 4.69) is 54.1 Å². The van der Waals surface area contributed by atoms with Gasteiger partial charge in [0.1, 0.15) is 0 Å². The van der Waals surface area contributed by atoms with Crippen molar-refractivity contribution in [2.24, 2.45) is 0 Å². The van der Waals surface area contributed by atoms with Crippen molar-refractivity contribution in [1.29, 1.82) is 0 Å². The summed E-state index contributed by atoms with van der Waals surface area (Å²) in [6.07, 6.45) is 21.7. The van der Waals surface area contributed by atoms with Crippen LogP contribution in [-0.2, 0) is 9.59 Å². The van der Waals surface area contributed by atoms with Crippen LogP contribution in [-0.4, -0.2) is 26.8 Å². The summed E-state index contributed by atoms with van der Waals surface area (Å²) in [6.45, 7) is 4.46. The van der Waals surface area contributed by atoms with Crippen molar-refractivity contribution in [2.75, 3.05) is 4.90 Å². The molecule has 6 nitrogen and oxygen atoms in total. The highest BCUT2D eigenvalue weighted by molar-refractivity contribution is 7.80. The summed E-state index contributed by atoms with van der Waals surface area (Å²) in [5.41, 5.74) is 0. The Kier molecular flexibility index (Phi) is 19.1. The van der Waals surface area contributed by atoms with Gasteiger partial charge >= 0.3 is 0 Å². The third-order valence-corrected chi connectivity index (χ3v) is 6.69. The van der Waals surface area contributed by atoms with Crippen LogP contribution in [0.5, 0.6) is 0 Å². The fraction of sp³-hybridized carbons (Fsp3) is 0.815. The minimum Gasteiger partial charge on any atom is -0.274 e. The molecule has 0 radical (unpaired) electrons. The normalized spacial score (nSPS) is 11.1. The second kappa shape index (κ2) is 21.0. The van der Waals surface area contributed by atoms with Crippen LogP contribution in [0.15, 0.2) is 10.3 Å². The van der Waals surface area contributed by atoms with Gasteiger partial charge in [0.05, 0.1) is 0 Å². The van der Waals surface area contributed by atoms with Crippen LogP contribution in [0.2, 0.25) is 0 Å². The monoisotopic (exact) mass is 524 g/mol. The standard InChI is InChI=1S/C27H48N4O2S2/c1-3-5-7-9-11-13-15-17-19-21-23(32)31(25-28-26(34)30-27(35)29-25)24(33)22-20-18-16-14-12-10-8-6-4-2/h3-22H2,1-2H3,(H2,28,29,30,34,35). The highest BCUT2D eigenvalue weighted by atomic mass is 32.1. The molecule has 0 fully saturated rings. The van der Waals surface area contributed by atoms with Gasteiger partial charge in [-0.05, 0) is 12.8 Å². The van der Waals surface area contributed by atoms with Gasteiger partial charge in [-0.3, -0.25) is 9.59 Å². The van der Waals surface area contributed by atoms with Crippen molar-refractivity contribution in [3.8, 4) is 0 Å². The van der Waals surface area contributed by atoms with E-state index < -0.39 is 0 Å². The molecule has 0 N–H and O–H groups in total. The van der Waals surface area contributed by atoms with Crippen molar-refractivity contribution in [3.63, 3.8) is 0 Å². The van der Waals surface area contributed by atoms with Crippen LogP contribution >= 0.6 is 25.3 Å². The third-order valence-electron chi connectivity index (χ3n) is 6.29. The molecule has 35 heavy (non-hydrogen) atoms.